The highest BCUT2D eigenvalue weighted by molar-refractivity contribution is 5.93. The number of aryl methyl sites for hydroxylation is 1. The van der Waals surface area contributed by atoms with Gasteiger partial charge in [-0.05, 0) is 31.9 Å². The molecule has 1 atom stereocenters. The predicted molar refractivity (Wildman–Crippen MR) is 93.7 cm³/mol. The quantitative estimate of drug-likeness (QED) is 0.775. The van der Waals surface area contributed by atoms with Gasteiger partial charge in [0.2, 0.25) is 5.91 Å². The average molecular weight is 340 g/mol. The molecule has 1 fully saturated rings. The maximum absolute atomic E-state index is 12.4. The zero-order valence-electron chi connectivity index (χ0n) is 14.1. The Balaban J connectivity index is 1.69. The van der Waals surface area contributed by atoms with Crippen LogP contribution >= 0.6 is 0 Å². The molecule has 7 heteroatoms. The third-order valence-electron chi connectivity index (χ3n) is 4.59. The van der Waals surface area contributed by atoms with Crippen molar-refractivity contribution in [3.05, 3.63) is 46.4 Å². The summed E-state index contributed by atoms with van der Waals surface area (Å²) in [6.07, 6.45) is 2.15. The number of hydrogen-bond donors (Lipinski definition) is 1. The molecule has 0 unspecified atom stereocenters. The number of nitrogens with one attached hydrogen (secondary N) is 1. The monoisotopic (exact) mass is 340 g/mol. The topological polar surface area (TPSA) is 77.6 Å². The van der Waals surface area contributed by atoms with Crippen molar-refractivity contribution in [1.29, 1.82) is 0 Å². The summed E-state index contributed by atoms with van der Waals surface area (Å²) in [5.41, 5.74) is 1.92. The van der Waals surface area contributed by atoms with Gasteiger partial charge in [0.1, 0.15) is 6.54 Å². The van der Waals surface area contributed by atoms with Gasteiger partial charge in [0.15, 0.2) is 5.65 Å². The average Bonchev–Trinajstić information content (AvgIpc) is 3.21. The summed E-state index contributed by atoms with van der Waals surface area (Å²) in [6, 6.07) is 9.14. The van der Waals surface area contributed by atoms with E-state index in [0.717, 1.165) is 36.0 Å². The largest absolute Gasteiger partial charge is 0.376 e. The Labute approximate surface area is 144 Å². The number of nitrogens with zero attached hydrogens (tertiary/aromatic N) is 3. The van der Waals surface area contributed by atoms with Gasteiger partial charge in [-0.1, -0.05) is 12.1 Å². The van der Waals surface area contributed by atoms with Crippen molar-refractivity contribution in [3.8, 4) is 0 Å². The summed E-state index contributed by atoms with van der Waals surface area (Å²) in [5, 5.41) is 3.80. The summed E-state index contributed by atoms with van der Waals surface area (Å²) in [5.74, 6) is -0.0868. The van der Waals surface area contributed by atoms with Gasteiger partial charge < -0.3 is 10.1 Å². The van der Waals surface area contributed by atoms with E-state index in [2.05, 4.69) is 10.3 Å². The molecule has 25 heavy (non-hydrogen) atoms. The van der Waals surface area contributed by atoms with E-state index < -0.39 is 0 Å². The minimum Gasteiger partial charge on any atom is -0.376 e. The van der Waals surface area contributed by atoms with Gasteiger partial charge in [0, 0.05) is 30.3 Å². The van der Waals surface area contributed by atoms with Gasteiger partial charge in [0.25, 0.3) is 5.56 Å². The van der Waals surface area contributed by atoms with E-state index in [1.54, 1.807) is 0 Å². The highest BCUT2D eigenvalue weighted by Crippen LogP contribution is 2.21. The number of ether oxygens (including phenoxy) is 1. The fourth-order valence-corrected chi connectivity index (χ4v) is 3.45. The molecule has 0 saturated carbocycles. The Kier molecular flexibility index (Phi) is 4.01. The molecule has 3 aromatic rings. The lowest BCUT2D eigenvalue weighted by Gasteiger charge is -2.13. The van der Waals surface area contributed by atoms with Gasteiger partial charge in [-0.2, -0.15) is 4.98 Å². The van der Waals surface area contributed by atoms with Crippen molar-refractivity contribution >= 4 is 22.5 Å². The molecule has 1 N–H and O–H groups in total. The van der Waals surface area contributed by atoms with Crippen molar-refractivity contribution in [2.75, 3.05) is 13.2 Å². The molecule has 130 valence electrons. The summed E-state index contributed by atoms with van der Waals surface area (Å²) in [7, 11) is 0. The highest BCUT2D eigenvalue weighted by Gasteiger charge is 2.18. The van der Waals surface area contributed by atoms with E-state index in [-0.39, 0.29) is 24.1 Å². The lowest BCUT2D eigenvalue weighted by Crippen LogP contribution is -2.35. The molecular formula is C18H20N4O3. The van der Waals surface area contributed by atoms with Crippen molar-refractivity contribution in [2.45, 2.75) is 32.4 Å². The van der Waals surface area contributed by atoms with Crippen LogP contribution in [0, 0.1) is 6.92 Å². The maximum Gasteiger partial charge on any atom is 0.273 e. The van der Waals surface area contributed by atoms with Gasteiger partial charge in [-0.15, -0.1) is 0 Å². The first kappa shape index (κ1) is 15.8. The number of fused-ring (bicyclic) bond motifs is 3. The van der Waals surface area contributed by atoms with Crippen molar-refractivity contribution in [2.24, 2.45) is 0 Å². The van der Waals surface area contributed by atoms with E-state index in [4.69, 9.17) is 4.74 Å². The highest BCUT2D eigenvalue weighted by atomic mass is 16.5. The van der Waals surface area contributed by atoms with Crippen LogP contribution in [-0.4, -0.2) is 39.3 Å². The van der Waals surface area contributed by atoms with Crippen molar-refractivity contribution in [3.63, 3.8) is 0 Å². The molecule has 3 heterocycles. The van der Waals surface area contributed by atoms with Crippen LogP contribution in [0.3, 0.4) is 0 Å². The van der Waals surface area contributed by atoms with E-state index >= 15 is 0 Å². The second-order valence-electron chi connectivity index (χ2n) is 6.39. The van der Waals surface area contributed by atoms with Crippen LogP contribution in [-0.2, 0) is 16.1 Å². The molecule has 1 aliphatic heterocycles. The third-order valence-corrected chi connectivity index (χ3v) is 4.59. The Hall–Kier alpha value is -2.67. The van der Waals surface area contributed by atoms with Gasteiger partial charge in [-0.25, -0.2) is 4.52 Å². The SMILES string of the molecule is Cc1cc(=O)nc2c3ccccc3n(CC(=O)NC[C@@H]3CCCO3)n12. The molecule has 2 aromatic heterocycles. The van der Waals surface area contributed by atoms with Gasteiger partial charge >= 0.3 is 0 Å². The first-order valence-electron chi connectivity index (χ1n) is 8.50. The Morgan fingerprint density at radius 1 is 1.40 bits per heavy atom. The van der Waals surface area contributed by atoms with Crippen LogP contribution in [0.15, 0.2) is 35.1 Å². The first-order valence-corrected chi connectivity index (χ1v) is 8.50. The molecular weight excluding hydrogens is 320 g/mol. The number of para-hydroxylation sites is 1. The zero-order valence-corrected chi connectivity index (χ0v) is 14.1. The van der Waals surface area contributed by atoms with Gasteiger partial charge in [-0.3, -0.25) is 14.3 Å². The fourth-order valence-electron chi connectivity index (χ4n) is 3.45. The molecule has 0 aliphatic carbocycles. The smallest absolute Gasteiger partial charge is 0.273 e. The lowest BCUT2D eigenvalue weighted by molar-refractivity contribution is -0.122. The lowest BCUT2D eigenvalue weighted by atomic mass is 10.2. The molecule has 0 bridgehead atoms. The van der Waals surface area contributed by atoms with Crippen LogP contribution in [0.4, 0.5) is 0 Å². The normalized spacial score (nSPS) is 17.4. The van der Waals surface area contributed by atoms with Crippen LogP contribution in [0.5, 0.6) is 0 Å². The number of hydrogen-bond acceptors (Lipinski definition) is 4. The Morgan fingerprint density at radius 2 is 2.24 bits per heavy atom. The number of carbonyl (C=O) groups is 1. The number of rotatable bonds is 4. The van der Waals surface area contributed by atoms with E-state index in [0.29, 0.717) is 12.2 Å². The molecule has 7 nitrogen and oxygen atoms in total. The maximum atomic E-state index is 12.4. The van der Waals surface area contributed by atoms with E-state index in [1.165, 1.54) is 6.07 Å². The molecule has 4 rings (SSSR count). The second kappa shape index (κ2) is 6.33. The molecule has 1 aliphatic rings. The first-order chi connectivity index (χ1) is 12.1. The second-order valence-corrected chi connectivity index (χ2v) is 6.39. The molecule has 1 aromatic carbocycles. The molecule has 0 radical (unpaired) electrons. The summed E-state index contributed by atoms with van der Waals surface area (Å²) in [6.45, 7) is 3.30. The van der Waals surface area contributed by atoms with Crippen molar-refractivity contribution < 1.29 is 9.53 Å². The molecule has 1 amide bonds. The standard InChI is InChI=1S/C18H20N4O3/c1-12-9-16(23)20-18-14-6-2-3-7-15(14)21(22(12)18)11-17(24)19-10-13-5-4-8-25-13/h2-3,6-7,9,13H,4-5,8,10-11H2,1H3,(H,19,24)/t13-/m0/s1. The van der Waals surface area contributed by atoms with Crippen LogP contribution in [0.1, 0.15) is 18.5 Å². The third kappa shape index (κ3) is 2.91. The van der Waals surface area contributed by atoms with Crippen LogP contribution < -0.4 is 10.9 Å². The van der Waals surface area contributed by atoms with Crippen molar-refractivity contribution in [1.82, 2.24) is 19.5 Å². The summed E-state index contributed by atoms with van der Waals surface area (Å²) < 4.78 is 9.23. The number of aromatic nitrogens is 3. The molecule has 1 saturated heterocycles. The van der Waals surface area contributed by atoms with Crippen LogP contribution in [0.25, 0.3) is 16.6 Å². The Bertz CT molecular complexity index is 999. The zero-order chi connectivity index (χ0) is 17.4. The molecule has 0 spiro atoms. The Morgan fingerprint density at radius 3 is 3.04 bits per heavy atom. The minimum atomic E-state index is -0.275. The summed E-state index contributed by atoms with van der Waals surface area (Å²) in [4.78, 5) is 28.4. The minimum absolute atomic E-state index is 0.0868. The number of carbonyl (C=O) groups excluding carboxylic acids is 1. The predicted octanol–water partition coefficient (Wildman–Crippen LogP) is 1.25. The number of benzene rings is 1. The van der Waals surface area contributed by atoms with E-state index in [9.17, 15) is 9.59 Å². The number of amides is 1. The fraction of sp³-hybridized carbons (Fsp3) is 0.389. The van der Waals surface area contributed by atoms with Gasteiger partial charge in [0.05, 0.1) is 11.6 Å². The summed E-state index contributed by atoms with van der Waals surface area (Å²) >= 11 is 0. The van der Waals surface area contributed by atoms with Crippen LogP contribution in [0.2, 0.25) is 0 Å². The van der Waals surface area contributed by atoms with E-state index in [1.807, 2.05) is 40.4 Å².